The first-order chi connectivity index (χ1) is 44.3. The van der Waals surface area contributed by atoms with Gasteiger partial charge in [0.1, 0.15) is 11.6 Å². The van der Waals surface area contributed by atoms with Gasteiger partial charge in [-0.05, 0) is 114 Å². The summed E-state index contributed by atoms with van der Waals surface area (Å²) >= 11 is 0. The van der Waals surface area contributed by atoms with E-state index < -0.39 is 17.9 Å². The third-order valence-electron chi connectivity index (χ3n) is 16.8. The normalized spacial score (nSPS) is 15.5. The van der Waals surface area contributed by atoms with Crippen LogP contribution in [-0.2, 0) is 52.7 Å². The van der Waals surface area contributed by atoms with Crippen molar-refractivity contribution in [3.63, 3.8) is 0 Å². The molecule has 24 heteroatoms. The number of nitrogens with zero attached hydrogens (tertiary/aromatic N) is 9. The molecule has 4 N–H and O–H groups in total. The molecule has 6 heterocycles. The molecule has 1 saturated heterocycles. The van der Waals surface area contributed by atoms with Gasteiger partial charge in [-0.3, -0.25) is 38.5 Å². The van der Waals surface area contributed by atoms with E-state index in [2.05, 4.69) is 72.9 Å². The maximum absolute atomic E-state index is 13.8. The molecule has 2 fully saturated rings. The van der Waals surface area contributed by atoms with E-state index in [-0.39, 0.29) is 54.8 Å². The molecule has 9 rings (SSSR count). The number of nitrogens with one attached hydrogen (secondary N) is 4. The van der Waals surface area contributed by atoms with Gasteiger partial charge in [0.2, 0.25) is 0 Å². The molecule has 3 aliphatic rings. The van der Waals surface area contributed by atoms with Crippen molar-refractivity contribution in [3.05, 3.63) is 117 Å². The summed E-state index contributed by atoms with van der Waals surface area (Å²) in [5, 5.41) is 28.5. The number of H-pyrrole nitrogens is 1. The van der Waals surface area contributed by atoms with Crippen LogP contribution in [-0.4, -0.2) is 198 Å². The number of hydrogen-bond acceptors (Lipinski definition) is 19. The minimum absolute atomic E-state index is 0.0280. The van der Waals surface area contributed by atoms with Crippen LogP contribution in [0, 0.1) is 19.3 Å². The zero-order chi connectivity index (χ0) is 63.9. The number of Topliss-reactive ketones (excluding diaryl/α,β-unsaturated/α-hetero) is 1. The van der Waals surface area contributed by atoms with Gasteiger partial charge in [0, 0.05) is 104 Å². The maximum atomic E-state index is 13.8. The molecule has 91 heavy (non-hydrogen) atoms. The number of ketones is 1. The minimum Gasteiger partial charge on any atom is -0.382 e. The Morgan fingerprint density at radius 2 is 1.41 bits per heavy atom. The van der Waals surface area contributed by atoms with E-state index in [9.17, 15) is 24.0 Å². The summed E-state index contributed by atoms with van der Waals surface area (Å²) in [4.78, 5) is 78.5. The highest BCUT2D eigenvalue weighted by molar-refractivity contribution is 6.26. The Balaban J connectivity index is 0.525. The Morgan fingerprint density at radius 1 is 0.736 bits per heavy atom. The van der Waals surface area contributed by atoms with Crippen LogP contribution in [0.3, 0.4) is 0 Å². The first kappa shape index (κ1) is 67.8. The number of anilines is 2. The lowest BCUT2D eigenvalue weighted by molar-refractivity contribution is -0.118. The van der Waals surface area contributed by atoms with E-state index in [0.29, 0.717) is 120 Å². The zero-order valence-corrected chi connectivity index (χ0v) is 53.4. The third kappa shape index (κ3) is 19.2. The van der Waals surface area contributed by atoms with E-state index >= 15 is 0 Å². The summed E-state index contributed by atoms with van der Waals surface area (Å²) in [5.41, 5.74) is 7.40. The maximum Gasteiger partial charge on any atom is 0.264 e. The van der Waals surface area contributed by atoms with Crippen LogP contribution in [0.25, 0.3) is 22.0 Å². The minimum atomic E-state index is -0.685. The lowest BCUT2D eigenvalue weighted by atomic mass is 9.91. The van der Waals surface area contributed by atoms with Gasteiger partial charge in [0.15, 0.2) is 0 Å². The predicted molar refractivity (Wildman–Crippen MR) is 346 cm³/mol. The summed E-state index contributed by atoms with van der Waals surface area (Å²) in [6, 6.07) is 14.6. The number of unbranched alkanes of at least 4 members (excludes halogenated alkanes) is 6. The van der Waals surface area contributed by atoms with Crippen LogP contribution >= 0.6 is 0 Å². The molecule has 0 radical (unpaired) electrons. The van der Waals surface area contributed by atoms with Crippen molar-refractivity contribution in [1.82, 2.24) is 49.9 Å². The number of hydrogen-bond donors (Lipinski definition) is 4. The van der Waals surface area contributed by atoms with Gasteiger partial charge >= 0.3 is 0 Å². The monoisotopic (exact) mass is 1250 g/mol. The van der Waals surface area contributed by atoms with Crippen molar-refractivity contribution in [1.29, 1.82) is 5.41 Å². The molecule has 0 spiro atoms. The lowest BCUT2D eigenvalue weighted by Crippen LogP contribution is -2.47. The Morgan fingerprint density at radius 3 is 2.07 bits per heavy atom. The Kier molecular flexibility index (Phi) is 25.9. The Hall–Kier alpha value is -7.58. The van der Waals surface area contributed by atoms with Crippen molar-refractivity contribution in [3.8, 4) is 11.1 Å². The fraction of sp³-hybridized carbons (Fsp3) is 0.552. The molecule has 4 aromatic heterocycles. The number of aromatic amines is 1. The van der Waals surface area contributed by atoms with Gasteiger partial charge in [-0.2, -0.15) is 5.10 Å². The van der Waals surface area contributed by atoms with Gasteiger partial charge in [0.05, 0.1) is 126 Å². The average molecular weight is 1250 g/mol. The van der Waals surface area contributed by atoms with Gasteiger partial charge < -0.3 is 54.3 Å². The van der Waals surface area contributed by atoms with E-state index in [0.717, 1.165) is 95.3 Å². The standard InChI is InChI=1S/C67H91N13O11/c1-47(2)80-61-41-51(40-55(57(61)45-72-80)64(82)71-44-56-48(3)39-49(4)73-65(56)83)50-16-19-62(70-43-50)77-24-22-76(23-25-77)21-11-9-7-5-6-8-10-13-52-46-78(75-74-52)26-28-87-30-32-89-34-36-91-38-37-90-35-33-88-31-29-86-27-20-69-59-15-12-14-54-63(59)67(85)79(66(54)84)60-18-17-53(81)42-58(60)68/h12,14-16,19,39-41,43,45-47,60,68-69H,5-11,13,17-18,20-38,42,44H2,1-4H3,(H,71,82)(H,73,83). The van der Waals surface area contributed by atoms with Crippen molar-refractivity contribution in [2.24, 2.45) is 0 Å². The molecule has 6 aromatic rings. The molecule has 490 valence electrons. The molecule has 1 atom stereocenters. The van der Waals surface area contributed by atoms with Crippen molar-refractivity contribution in [2.75, 3.05) is 129 Å². The number of aryl methyl sites for hydroxylation is 3. The number of ether oxygens (including phenoxy) is 6. The molecular formula is C67H91N13O11. The van der Waals surface area contributed by atoms with Gasteiger partial charge in [0.25, 0.3) is 23.3 Å². The Labute approximate surface area is 532 Å². The number of imide groups is 1. The molecule has 1 saturated carbocycles. The molecule has 3 amide bonds. The Bertz CT molecular complexity index is 3430. The van der Waals surface area contributed by atoms with Crippen LogP contribution in [0.2, 0.25) is 0 Å². The first-order valence-electron chi connectivity index (χ1n) is 32.4. The second-order valence-electron chi connectivity index (χ2n) is 23.8. The van der Waals surface area contributed by atoms with Crippen LogP contribution in [0.5, 0.6) is 0 Å². The fourth-order valence-corrected chi connectivity index (χ4v) is 11.8. The van der Waals surface area contributed by atoms with Crippen LogP contribution in [0.15, 0.2) is 71.9 Å². The number of aromatic nitrogens is 7. The smallest absolute Gasteiger partial charge is 0.264 e. The number of carbonyl (C=O) groups excluding carboxylic acids is 4. The van der Waals surface area contributed by atoms with Gasteiger partial charge in [-0.1, -0.05) is 43.4 Å². The fourth-order valence-electron chi connectivity index (χ4n) is 11.8. The molecule has 24 nitrogen and oxygen atoms in total. The largest absolute Gasteiger partial charge is 0.382 e. The lowest BCUT2D eigenvalue weighted by Gasteiger charge is -2.35. The molecular weight excluding hydrogens is 1160 g/mol. The van der Waals surface area contributed by atoms with Crippen LogP contribution in [0.1, 0.15) is 138 Å². The number of fused-ring (bicyclic) bond motifs is 2. The molecule has 2 aliphatic heterocycles. The van der Waals surface area contributed by atoms with E-state index in [1.165, 1.54) is 38.5 Å². The summed E-state index contributed by atoms with van der Waals surface area (Å²) in [7, 11) is 0. The zero-order valence-electron chi connectivity index (χ0n) is 53.4. The van der Waals surface area contributed by atoms with Gasteiger partial charge in [-0.25, -0.2) is 9.67 Å². The molecule has 2 aromatic carbocycles. The average Bonchev–Trinajstić information content (AvgIpc) is 1.64. The summed E-state index contributed by atoms with van der Waals surface area (Å²) in [5.74, 6) is -0.222. The second kappa shape index (κ2) is 34.7. The van der Waals surface area contributed by atoms with Gasteiger partial charge in [-0.15, -0.1) is 5.10 Å². The summed E-state index contributed by atoms with van der Waals surface area (Å²) in [6.45, 7) is 19.4. The highest BCUT2D eigenvalue weighted by Crippen LogP contribution is 2.34. The number of carbonyl (C=O) groups is 4. The number of benzene rings is 2. The van der Waals surface area contributed by atoms with E-state index in [1.807, 2.05) is 47.7 Å². The second-order valence-corrected chi connectivity index (χ2v) is 23.8. The number of amides is 3. The van der Waals surface area contributed by atoms with Crippen LogP contribution < -0.4 is 21.1 Å². The third-order valence-corrected chi connectivity index (χ3v) is 16.8. The first-order valence-corrected chi connectivity index (χ1v) is 32.4. The van der Waals surface area contributed by atoms with Crippen molar-refractivity contribution < 1.29 is 47.6 Å². The molecule has 0 bridgehead atoms. The number of pyridine rings is 2. The number of piperazine rings is 1. The predicted octanol–water partition coefficient (Wildman–Crippen LogP) is 7.55. The van der Waals surface area contributed by atoms with E-state index in [4.69, 9.17) is 38.8 Å². The van der Waals surface area contributed by atoms with E-state index in [1.54, 1.807) is 24.4 Å². The number of rotatable bonds is 39. The SMILES string of the molecule is Cc1cc(C)c(CNC(=O)c2cc(-c3ccc(N4CCN(CCCCCCCCCc5cn(CCOCCOCCOCCOCCOCCOCCNc6cccc7c6C(=O)N(C6CCC(=O)CC6=N)C7=O)nn5)CC4)nc3)cc3c2cnn3C(C)C)c(=O)[nH]1. The molecule has 1 aliphatic carbocycles. The van der Waals surface area contributed by atoms with Crippen molar-refractivity contribution in [2.45, 2.75) is 123 Å². The van der Waals surface area contributed by atoms with Crippen molar-refractivity contribution >= 4 is 51.6 Å². The topological polar surface area (TPSA) is 276 Å². The highest BCUT2D eigenvalue weighted by Gasteiger charge is 2.44. The summed E-state index contributed by atoms with van der Waals surface area (Å²) in [6.07, 6.45) is 15.6. The summed E-state index contributed by atoms with van der Waals surface area (Å²) < 4.78 is 37.6. The molecule has 1 unspecified atom stereocenters. The quantitative estimate of drug-likeness (QED) is 0.0214. The highest BCUT2D eigenvalue weighted by atomic mass is 16.6. The van der Waals surface area contributed by atoms with Crippen LogP contribution in [0.4, 0.5) is 11.5 Å².